The van der Waals surface area contributed by atoms with Gasteiger partial charge in [0.1, 0.15) is 0 Å². The monoisotopic (exact) mass is 306 g/mol. The lowest BCUT2D eigenvalue weighted by Gasteiger charge is -2.05. The molecule has 2 aromatic rings. The van der Waals surface area contributed by atoms with Gasteiger partial charge in [-0.2, -0.15) is 5.26 Å². The number of carbonyl (C=O) groups is 1. The van der Waals surface area contributed by atoms with E-state index in [1.54, 1.807) is 36.5 Å². The van der Waals surface area contributed by atoms with Crippen LogP contribution in [0.1, 0.15) is 21.3 Å². The third kappa shape index (κ3) is 2.60. The summed E-state index contributed by atoms with van der Waals surface area (Å²) < 4.78 is 0.874. The van der Waals surface area contributed by atoms with Crippen molar-refractivity contribution in [1.82, 2.24) is 4.98 Å². The van der Waals surface area contributed by atoms with Gasteiger partial charge in [0.25, 0.3) is 0 Å². The average Bonchev–Trinajstić information content (AvgIpc) is 2.78. The Kier molecular flexibility index (Phi) is 3.67. The molecule has 5 heteroatoms. The van der Waals surface area contributed by atoms with E-state index in [1.807, 2.05) is 6.07 Å². The molecular formula is C12H7BrN2OS. The van der Waals surface area contributed by atoms with Crippen molar-refractivity contribution in [1.29, 1.82) is 5.26 Å². The van der Waals surface area contributed by atoms with Crippen LogP contribution in [0.5, 0.6) is 0 Å². The summed E-state index contributed by atoms with van der Waals surface area (Å²) in [6.45, 7) is 0. The first-order valence-corrected chi connectivity index (χ1v) is 6.43. The van der Waals surface area contributed by atoms with Gasteiger partial charge in [0, 0.05) is 6.20 Å². The highest BCUT2D eigenvalue weighted by Gasteiger charge is 2.23. The van der Waals surface area contributed by atoms with Gasteiger partial charge in [0.05, 0.1) is 20.4 Å². The summed E-state index contributed by atoms with van der Waals surface area (Å²) in [7, 11) is 0. The molecule has 1 unspecified atom stereocenters. The highest BCUT2D eigenvalue weighted by molar-refractivity contribution is 9.11. The minimum Gasteiger partial charge on any atom is -0.291 e. The van der Waals surface area contributed by atoms with E-state index in [-0.39, 0.29) is 5.78 Å². The maximum Gasteiger partial charge on any atom is 0.196 e. The van der Waals surface area contributed by atoms with E-state index in [4.69, 9.17) is 5.26 Å². The van der Waals surface area contributed by atoms with Crippen molar-refractivity contribution in [2.75, 3.05) is 0 Å². The number of pyridine rings is 1. The van der Waals surface area contributed by atoms with E-state index in [0.717, 1.165) is 3.79 Å². The number of hydrogen-bond acceptors (Lipinski definition) is 4. The minimum atomic E-state index is -0.832. The molecule has 0 bridgehead atoms. The number of aromatic nitrogens is 1. The van der Waals surface area contributed by atoms with Crippen molar-refractivity contribution in [2.45, 2.75) is 5.92 Å². The largest absolute Gasteiger partial charge is 0.291 e. The molecule has 2 aromatic heterocycles. The van der Waals surface area contributed by atoms with Gasteiger partial charge >= 0.3 is 0 Å². The predicted molar refractivity (Wildman–Crippen MR) is 68.9 cm³/mol. The van der Waals surface area contributed by atoms with Gasteiger partial charge in [-0.15, -0.1) is 11.3 Å². The van der Waals surface area contributed by atoms with Gasteiger partial charge < -0.3 is 0 Å². The molecule has 1 atom stereocenters. The standard InChI is InChI=1S/C12H7BrN2OS/c13-11-5-4-10(17-11)12(16)8(7-14)9-3-1-2-6-15-9/h1-6,8H. The van der Waals surface area contributed by atoms with Crippen LogP contribution in [0.2, 0.25) is 0 Å². The molecule has 0 saturated carbocycles. The van der Waals surface area contributed by atoms with Gasteiger partial charge in [-0.1, -0.05) is 6.07 Å². The SMILES string of the molecule is N#CC(C(=O)c1ccc(Br)s1)c1ccccn1. The number of nitriles is 1. The highest BCUT2D eigenvalue weighted by atomic mass is 79.9. The van der Waals surface area contributed by atoms with E-state index in [1.165, 1.54) is 11.3 Å². The predicted octanol–water partition coefficient (Wildman–Crippen LogP) is 3.40. The first-order valence-electron chi connectivity index (χ1n) is 4.82. The van der Waals surface area contributed by atoms with Crippen LogP contribution < -0.4 is 0 Å². The fourth-order valence-electron chi connectivity index (χ4n) is 1.39. The quantitative estimate of drug-likeness (QED) is 0.817. The van der Waals surface area contributed by atoms with Crippen LogP contribution in [0.3, 0.4) is 0 Å². The van der Waals surface area contributed by atoms with E-state index in [2.05, 4.69) is 20.9 Å². The van der Waals surface area contributed by atoms with Crippen LogP contribution in [0.25, 0.3) is 0 Å². The lowest BCUT2D eigenvalue weighted by atomic mass is 10.0. The van der Waals surface area contributed by atoms with Crippen LogP contribution in [-0.2, 0) is 0 Å². The molecule has 84 valence electrons. The van der Waals surface area contributed by atoms with E-state index in [0.29, 0.717) is 10.6 Å². The number of nitrogens with zero attached hydrogens (tertiary/aromatic N) is 2. The van der Waals surface area contributed by atoms with Gasteiger partial charge in [-0.3, -0.25) is 9.78 Å². The number of carbonyl (C=O) groups excluding carboxylic acids is 1. The van der Waals surface area contributed by atoms with E-state index in [9.17, 15) is 4.79 Å². The molecule has 0 aliphatic rings. The molecule has 0 radical (unpaired) electrons. The summed E-state index contributed by atoms with van der Waals surface area (Å²) in [5.74, 6) is -1.04. The van der Waals surface area contributed by atoms with E-state index >= 15 is 0 Å². The zero-order valence-electron chi connectivity index (χ0n) is 8.63. The number of hydrogen-bond donors (Lipinski definition) is 0. The van der Waals surface area contributed by atoms with Crippen molar-refractivity contribution in [3.8, 4) is 6.07 Å². The Bertz CT molecular complexity index is 574. The maximum atomic E-state index is 12.1. The molecule has 2 heterocycles. The van der Waals surface area contributed by atoms with Crippen molar-refractivity contribution < 1.29 is 4.79 Å². The van der Waals surface area contributed by atoms with Gasteiger partial charge in [0.15, 0.2) is 11.7 Å². The molecule has 0 fully saturated rings. The fourth-order valence-corrected chi connectivity index (χ4v) is 2.75. The Balaban J connectivity index is 2.32. The Hall–Kier alpha value is -1.51. The molecule has 2 rings (SSSR count). The fraction of sp³-hybridized carbons (Fsp3) is 0.0833. The number of Topliss-reactive ketones (excluding diaryl/α,β-unsaturated/α-hetero) is 1. The molecule has 0 saturated heterocycles. The van der Waals surface area contributed by atoms with Crippen molar-refractivity contribution in [2.24, 2.45) is 0 Å². The Morgan fingerprint density at radius 3 is 2.76 bits per heavy atom. The normalized spacial score (nSPS) is 11.8. The Morgan fingerprint density at radius 2 is 2.24 bits per heavy atom. The first kappa shape index (κ1) is 12.0. The summed E-state index contributed by atoms with van der Waals surface area (Å²) in [4.78, 5) is 16.7. The molecule has 17 heavy (non-hydrogen) atoms. The van der Waals surface area contributed by atoms with E-state index < -0.39 is 5.92 Å². The summed E-state index contributed by atoms with van der Waals surface area (Å²) in [5.41, 5.74) is 0.490. The summed E-state index contributed by atoms with van der Waals surface area (Å²) in [5, 5.41) is 9.10. The van der Waals surface area contributed by atoms with Gasteiger partial charge in [-0.05, 0) is 40.2 Å². The molecule has 3 nitrogen and oxygen atoms in total. The zero-order chi connectivity index (χ0) is 12.3. The molecule has 0 aliphatic heterocycles. The highest BCUT2D eigenvalue weighted by Crippen LogP contribution is 2.27. The molecule has 0 aromatic carbocycles. The lowest BCUT2D eigenvalue weighted by molar-refractivity contribution is 0.0981. The van der Waals surface area contributed by atoms with Crippen molar-refractivity contribution >= 4 is 33.0 Å². The topological polar surface area (TPSA) is 53.8 Å². The van der Waals surface area contributed by atoms with Gasteiger partial charge in [-0.25, -0.2) is 0 Å². The van der Waals surface area contributed by atoms with Crippen LogP contribution in [0, 0.1) is 11.3 Å². The summed E-state index contributed by atoms with van der Waals surface area (Å²) in [6.07, 6.45) is 1.58. The number of thiophene rings is 1. The maximum absolute atomic E-state index is 12.1. The van der Waals surface area contributed by atoms with Crippen molar-refractivity contribution in [3.63, 3.8) is 0 Å². The summed E-state index contributed by atoms with van der Waals surface area (Å²) >= 11 is 4.62. The smallest absolute Gasteiger partial charge is 0.196 e. The average molecular weight is 307 g/mol. The van der Waals surface area contributed by atoms with Crippen LogP contribution in [0.15, 0.2) is 40.3 Å². The first-order chi connectivity index (χ1) is 8.22. The van der Waals surface area contributed by atoms with Crippen LogP contribution in [-0.4, -0.2) is 10.8 Å². The Labute approximate surface area is 111 Å². The second-order valence-electron chi connectivity index (χ2n) is 3.28. The molecule has 0 amide bonds. The third-order valence-corrected chi connectivity index (χ3v) is 3.83. The summed E-state index contributed by atoms with van der Waals surface area (Å²) in [6, 6.07) is 10.7. The number of halogens is 1. The number of rotatable bonds is 3. The Morgan fingerprint density at radius 1 is 1.41 bits per heavy atom. The van der Waals surface area contributed by atoms with Crippen LogP contribution >= 0.6 is 27.3 Å². The minimum absolute atomic E-state index is 0.207. The molecular weight excluding hydrogens is 300 g/mol. The lowest BCUT2D eigenvalue weighted by Crippen LogP contribution is -2.11. The van der Waals surface area contributed by atoms with Crippen molar-refractivity contribution in [3.05, 3.63) is 50.9 Å². The zero-order valence-corrected chi connectivity index (χ0v) is 11.0. The molecule has 0 N–H and O–H groups in total. The van der Waals surface area contributed by atoms with Gasteiger partial charge in [0.2, 0.25) is 0 Å². The third-order valence-electron chi connectivity index (χ3n) is 2.19. The second-order valence-corrected chi connectivity index (χ2v) is 5.75. The second kappa shape index (κ2) is 5.21. The molecule has 0 spiro atoms. The van der Waals surface area contributed by atoms with Crippen LogP contribution in [0.4, 0.5) is 0 Å². The number of ketones is 1. The molecule has 0 aliphatic carbocycles.